The largest absolute Gasteiger partial charge is 0.494 e. The zero-order chi connectivity index (χ0) is 17.4. The van der Waals surface area contributed by atoms with Crippen molar-refractivity contribution < 1.29 is 9.13 Å². The van der Waals surface area contributed by atoms with Crippen molar-refractivity contribution in [2.75, 3.05) is 21.2 Å². The highest BCUT2D eigenvalue weighted by atomic mass is 19.1. The van der Waals surface area contributed by atoms with E-state index in [9.17, 15) is 9.18 Å². The Morgan fingerprint density at radius 2 is 2.08 bits per heavy atom. The third-order valence-corrected chi connectivity index (χ3v) is 4.27. The molecule has 0 unspecified atom stereocenters. The van der Waals surface area contributed by atoms with Gasteiger partial charge in [-0.05, 0) is 57.6 Å². The lowest BCUT2D eigenvalue weighted by Gasteiger charge is -2.17. The lowest BCUT2D eigenvalue weighted by Crippen LogP contribution is -2.30. The highest BCUT2D eigenvalue weighted by molar-refractivity contribution is 5.64. The first kappa shape index (κ1) is 16.6. The maximum atomic E-state index is 14.1. The summed E-state index contributed by atoms with van der Waals surface area (Å²) in [4.78, 5) is 14.7. The number of aromatic nitrogens is 2. The zero-order valence-electron chi connectivity index (χ0n) is 14.5. The summed E-state index contributed by atoms with van der Waals surface area (Å²) in [5.41, 5.74) is 2.78. The Labute approximate surface area is 140 Å². The van der Waals surface area contributed by atoms with Gasteiger partial charge in [0, 0.05) is 17.7 Å². The lowest BCUT2D eigenvalue weighted by molar-refractivity contribution is 0.386. The summed E-state index contributed by atoms with van der Waals surface area (Å²) in [5, 5.41) is 4.55. The first-order valence-electron chi connectivity index (χ1n) is 8.03. The molecule has 2 aromatic rings. The topological polar surface area (TPSA) is 47.4 Å². The van der Waals surface area contributed by atoms with Gasteiger partial charge in [-0.3, -0.25) is 4.79 Å². The van der Waals surface area contributed by atoms with Crippen molar-refractivity contribution in [3.63, 3.8) is 0 Å². The van der Waals surface area contributed by atoms with E-state index in [1.165, 1.54) is 13.2 Å². The summed E-state index contributed by atoms with van der Waals surface area (Å²) in [6.45, 7) is 2.41. The van der Waals surface area contributed by atoms with Gasteiger partial charge in [-0.15, -0.1) is 0 Å². The van der Waals surface area contributed by atoms with Crippen molar-refractivity contribution in [2.24, 2.45) is 0 Å². The summed E-state index contributed by atoms with van der Waals surface area (Å²) < 4.78 is 20.6. The molecule has 1 aromatic carbocycles. The fourth-order valence-corrected chi connectivity index (χ4v) is 2.83. The van der Waals surface area contributed by atoms with Gasteiger partial charge in [0.1, 0.15) is 0 Å². The molecule has 0 radical (unpaired) electrons. The highest BCUT2D eigenvalue weighted by Gasteiger charge is 2.28. The van der Waals surface area contributed by atoms with Crippen LogP contribution in [-0.4, -0.2) is 35.9 Å². The molecule has 1 fully saturated rings. The van der Waals surface area contributed by atoms with Crippen molar-refractivity contribution in [3.8, 4) is 17.0 Å². The van der Waals surface area contributed by atoms with Gasteiger partial charge < -0.3 is 9.64 Å². The number of benzene rings is 1. The minimum atomic E-state index is -0.436. The molecule has 6 heteroatoms. The quantitative estimate of drug-likeness (QED) is 0.845. The molecule has 1 aliphatic rings. The van der Waals surface area contributed by atoms with Crippen LogP contribution in [0, 0.1) is 12.7 Å². The Balaban J connectivity index is 2.18. The van der Waals surface area contributed by atoms with E-state index in [4.69, 9.17) is 4.74 Å². The van der Waals surface area contributed by atoms with Crippen molar-refractivity contribution >= 4 is 0 Å². The SMILES string of the molecule is COc1ccc(-c2nn(C3CC3)c(=O)c(CN(C)C)c2C)cc1F. The molecule has 128 valence electrons. The van der Waals surface area contributed by atoms with Gasteiger partial charge in [-0.1, -0.05) is 0 Å². The predicted molar refractivity (Wildman–Crippen MR) is 90.8 cm³/mol. The van der Waals surface area contributed by atoms with Gasteiger partial charge in [-0.25, -0.2) is 9.07 Å². The van der Waals surface area contributed by atoms with Crippen LogP contribution in [0.5, 0.6) is 5.75 Å². The Kier molecular flexibility index (Phi) is 4.41. The number of ether oxygens (including phenoxy) is 1. The molecular formula is C18H22FN3O2. The maximum absolute atomic E-state index is 14.1. The van der Waals surface area contributed by atoms with E-state index in [1.807, 2.05) is 25.9 Å². The van der Waals surface area contributed by atoms with E-state index in [0.717, 1.165) is 18.4 Å². The molecule has 1 aliphatic carbocycles. The third kappa shape index (κ3) is 3.06. The second-order valence-electron chi connectivity index (χ2n) is 6.52. The number of halogens is 1. The summed E-state index contributed by atoms with van der Waals surface area (Å²) in [7, 11) is 5.28. The number of rotatable bonds is 5. The molecule has 0 saturated heterocycles. The zero-order valence-corrected chi connectivity index (χ0v) is 14.5. The molecule has 0 bridgehead atoms. The molecule has 5 nitrogen and oxygen atoms in total. The average molecular weight is 331 g/mol. The molecule has 0 spiro atoms. The number of nitrogens with zero attached hydrogens (tertiary/aromatic N) is 3. The van der Waals surface area contributed by atoms with Crippen molar-refractivity contribution in [1.29, 1.82) is 0 Å². The van der Waals surface area contributed by atoms with Gasteiger partial charge in [0.05, 0.1) is 18.8 Å². The van der Waals surface area contributed by atoms with Crippen LogP contribution < -0.4 is 10.3 Å². The maximum Gasteiger partial charge on any atom is 0.271 e. The molecule has 24 heavy (non-hydrogen) atoms. The minimum absolute atomic E-state index is 0.0403. The fourth-order valence-electron chi connectivity index (χ4n) is 2.83. The van der Waals surface area contributed by atoms with E-state index in [0.29, 0.717) is 23.4 Å². The molecule has 0 atom stereocenters. The van der Waals surface area contributed by atoms with Gasteiger partial charge in [0.15, 0.2) is 11.6 Å². The Bertz CT molecular complexity index is 826. The lowest BCUT2D eigenvalue weighted by atomic mass is 10.0. The first-order valence-corrected chi connectivity index (χ1v) is 8.03. The van der Waals surface area contributed by atoms with Crippen LogP contribution in [0.1, 0.15) is 30.0 Å². The smallest absolute Gasteiger partial charge is 0.271 e. The molecular weight excluding hydrogens is 309 g/mol. The van der Waals surface area contributed by atoms with E-state index >= 15 is 0 Å². The molecule has 0 N–H and O–H groups in total. The third-order valence-electron chi connectivity index (χ3n) is 4.27. The average Bonchev–Trinajstić information content (AvgIpc) is 3.36. The van der Waals surface area contributed by atoms with E-state index < -0.39 is 5.82 Å². The van der Waals surface area contributed by atoms with Crippen LogP contribution in [0.25, 0.3) is 11.3 Å². The highest BCUT2D eigenvalue weighted by Crippen LogP contribution is 2.34. The Morgan fingerprint density at radius 3 is 2.62 bits per heavy atom. The molecule has 1 heterocycles. The van der Waals surface area contributed by atoms with Crippen molar-refractivity contribution in [3.05, 3.63) is 45.5 Å². The first-order chi connectivity index (χ1) is 11.4. The van der Waals surface area contributed by atoms with Gasteiger partial charge in [0.2, 0.25) is 0 Å². The van der Waals surface area contributed by atoms with Crippen molar-refractivity contribution in [2.45, 2.75) is 32.4 Å². The van der Waals surface area contributed by atoms with Crippen LogP contribution in [-0.2, 0) is 6.54 Å². The van der Waals surface area contributed by atoms with Crippen LogP contribution >= 0.6 is 0 Å². The molecule has 0 amide bonds. The second kappa shape index (κ2) is 6.36. The normalized spacial score (nSPS) is 14.2. The minimum Gasteiger partial charge on any atom is -0.494 e. The molecule has 1 saturated carbocycles. The van der Waals surface area contributed by atoms with Crippen LogP contribution in [0.15, 0.2) is 23.0 Å². The summed E-state index contributed by atoms with van der Waals surface area (Å²) in [5.74, 6) is -0.241. The summed E-state index contributed by atoms with van der Waals surface area (Å²) >= 11 is 0. The monoisotopic (exact) mass is 331 g/mol. The van der Waals surface area contributed by atoms with E-state index in [1.54, 1.807) is 16.8 Å². The fraction of sp³-hybridized carbons (Fsp3) is 0.444. The summed E-state index contributed by atoms with van der Waals surface area (Å²) in [6.07, 6.45) is 1.93. The van der Waals surface area contributed by atoms with Gasteiger partial charge in [-0.2, -0.15) is 5.10 Å². The Morgan fingerprint density at radius 1 is 1.38 bits per heavy atom. The number of hydrogen-bond donors (Lipinski definition) is 0. The standard InChI is InChI=1S/C18H22FN3O2/c1-11-14(10-21(2)3)18(23)22(13-6-7-13)20-17(11)12-5-8-16(24-4)15(19)9-12/h5,8-9,13H,6-7,10H2,1-4H3. The molecule has 3 rings (SSSR count). The second-order valence-corrected chi connectivity index (χ2v) is 6.52. The van der Waals surface area contributed by atoms with Crippen LogP contribution in [0.4, 0.5) is 4.39 Å². The van der Waals surface area contributed by atoms with E-state index in [-0.39, 0.29) is 17.4 Å². The molecule has 0 aliphatic heterocycles. The van der Waals surface area contributed by atoms with Gasteiger partial charge in [0.25, 0.3) is 5.56 Å². The van der Waals surface area contributed by atoms with Gasteiger partial charge >= 0.3 is 0 Å². The molecule has 1 aromatic heterocycles. The van der Waals surface area contributed by atoms with Crippen LogP contribution in [0.3, 0.4) is 0 Å². The Hall–Kier alpha value is -2.21. The van der Waals surface area contributed by atoms with E-state index in [2.05, 4.69) is 5.10 Å². The number of methoxy groups -OCH3 is 1. The predicted octanol–water partition coefficient (Wildman–Crippen LogP) is 2.76. The van der Waals surface area contributed by atoms with Crippen molar-refractivity contribution in [1.82, 2.24) is 14.7 Å². The van der Waals surface area contributed by atoms with Crippen LogP contribution in [0.2, 0.25) is 0 Å². The number of hydrogen-bond acceptors (Lipinski definition) is 4. The summed E-state index contributed by atoms with van der Waals surface area (Å²) in [6, 6.07) is 4.94.